The Morgan fingerprint density at radius 3 is 2.14 bits per heavy atom. The van der Waals surface area contributed by atoms with E-state index in [0.29, 0.717) is 5.16 Å². The summed E-state index contributed by atoms with van der Waals surface area (Å²) < 4.78 is 0. The van der Waals surface area contributed by atoms with Crippen LogP contribution >= 0.6 is 9.24 Å². The predicted octanol–water partition coefficient (Wildman–Crippen LogP) is -0.191. The first-order chi connectivity index (χ1) is 3.10. The maximum Gasteiger partial charge on any atom is 0.0230 e. The standard InChI is InChI=1S/C4H11N2P/c1-4(7)2-6(5)3-4/h2-3,5,7H2,1H3. The van der Waals surface area contributed by atoms with E-state index in [2.05, 4.69) is 16.2 Å². The van der Waals surface area contributed by atoms with Gasteiger partial charge in [-0.1, -0.05) is 6.92 Å². The highest BCUT2D eigenvalue weighted by atomic mass is 31.0. The lowest BCUT2D eigenvalue weighted by Crippen LogP contribution is -2.59. The Morgan fingerprint density at radius 1 is 1.71 bits per heavy atom. The van der Waals surface area contributed by atoms with E-state index in [1.165, 1.54) is 0 Å². The SMILES string of the molecule is CC1(P)CN(N)C1. The predicted molar refractivity (Wildman–Crippen MR) is 33.9 cm³/mol. The molecule has 0 radical (unpaired) electrons. The first-order valence-corrected chi connectivity index (χ1v) is 2.96. The van der Waals surface area contributed by atoms with Crippen molar-refractivity contribution >= 4 is 9.24 Å². The second-order valence-electron chi connectivity index (χ2n) is 2.56. The molecule has 1 heterocycles. The minimum Gasteiger partial charge on any atom is -0.269 e. The molecule has 0 bridgehead atoms. The molecule has 2 N–H and O–H groups in total. The number of nitrogens with two attached hydrogens (primary N) is 1. The molecule has 0 aliphatic carbocycles. The fraction of sp³-hybridized carbons (Fsp3) is 1.00. The van der Waals surface area contributed by atoms with Gasteiger partial charge in [0, 0.05) is 18.2 Å². The van der Waals surface area contributed by atoms with Gasteiger partial charge in [0.2, 0.25) is 0 Å². The van der Waals surface area contributed by atoms with Gasteiger partial charge in [0.1, 0.15) is 0 Å². The molecule has 0 amide bonds. The zero-order valence-corrected chi connectivity index (χ0v) is 5.67. The van der Waals surface area contributed by atoms with E-state index in [0.717, 1.165) is 13.1 Å². The van der Waals surface area contributed by atoms with Crippen LogP contribution in [0.4, 0.5) is 0 Å². The van der Waals surface area contributed by atoms with Crippen molar-refractivity contribution in [1.82, 2.24) is 5.01 Å². The molecule has 2 nitrogen and oxygen atoms in total. The molecular formula is C4H11N2P. The van der Waals surface area contributed by atoms with Crippen molar-refractivity contribution in [1.29, 1.82) is 0 Å². The molecule has 7 heavy (non-hydrogen) atoms. The van der Waals surface area contributed by atoms with Crippen molar-refractivity contribution in [2.45, 2.75) is 12.1 Å². The highest BCUT2D eigenvalue weighted by Crippen LogP contribution is 2.26. The van der Waals surface area contributed by atoms with Crippen LogP contribution in [0.2, 0.25) is 0 Å². The van der Waals surface area contributed by atoms with E-state index in [9.17, 15) is 0 Å². The van der Waals surface area contributed by atoms with E-state index < -0.39 is 0 Å². The summed E-state index contributed by atoms with van der Waals surface area (Å²) in [7, 11) is 2.78. The topological polar surface area (TPSA) is 29.3 Å². The van der Waals surface area contributed by atoms with Crippen LogP contribution < -0.4 is 5.84 Å². The van der Waals surface area contributed by atoms with Gasteiger partial charge in [-0.2, -0.15) is 0 Å². The van der Waals surface area contributed by atoms with Crippen molar-refractivity contribution in [2.75, 3.05) is 13.1 Å². The maximum atomic E-state index is 5.37. The summed E-state index contributed by atoms with van der Waals surface area (Å²) in [6.07, 6.45) is 0. The van der Waals surface area contributed by atoms with Crippen LogP contribution in [0.25, 0.3) is 0 Å². The van der Waals surface area contributed by atoms with Gasteiger partial charge in [-0.15, -0.1) is 9.24 Å². The lowest BCUT2D eigenvalue weighted by molar-refractivity contribution is 0.139. The molecular weight excluding hydrogens is 107 g/mol. The lowest BCUT2D eigenvalue weighted by Gasteiger charge is -2.42. The highest BCUT2D eigenvalue weighted by Gasteiger charge is 2.31. The largest absolute Gasteiger partial charge is 0.269 e. The summed E-state index contributed by atoms with van der Waals surface area (Å²) in [4.78, 5) is 0. The summed E-state index contributed by atoms with van der Waals surface area (Å²) >= 11 is 0. The zero-order chi connectivity index (χ0) is 5.49. The van der Waals surface area contributed by atoms with Gasteiger partial charge in [-0.3, -0.25) is 5.84 Å². The van der Waals surface area contributed by atoms with Crippen molar-refractivity contribution in [2.24, 2.45) is 5.84 Å². The van der Waals surface area contributed by atoms with Crippen LogP contribution in [0, 0.1) is 0 Å². The number of hydrazine groups is 1. The third kappa shape index (κ3) is 1.12. The molecule has 1 aliphatic heterocycles. The molecule has 1 rings (SSSR count). The molecule has 0 aromatic carbocycles. The Hall–Kier alpha value is 0.350. The number of hydrogen-bond donors (Lipinski definition) is 1. The fourth-order valence-electron chi connectivity index (χ4n) is 0.882. The summed E-state index contributed by atoms with van der Waals surface area (Å²) in [5.41, 5.74) is 0. The van der Waals surface area contributed by atoms with Crippen LogP contribution in [0.5, 0.6) is 0 Å². The first-order valence-electron chi connectivity index (χ1n) is 2.39. The van der Waals surface area contributed by atoms with E-state index in [4.69, 9.17) is 5.84 Å². The summed E-state index contributed by atoms with van der Waals surface area (Å²) in [5.74, 6) is 5.37. The summed E-state index contributed by atoms with van der Waals surface area (Å²) in [6.45, 7) is 4.20. The number of nitrogens with zero attached hydrogens (tertiary/aromatic N) is 1. The van der Waals surface area contributed by atoms with Gasteiger partial charge >= 0.3 is 0 Å². The van der Waals surface area contributed by atoms with E-state index in [1.807, 2.05) is 5.01 Å². The van der Waals surface area contributed by atoms with Crippen LogP contribution in [0.3, 0.4) is 0 Å². The Bertz CT molecular complexity index is 73.8. The molecule has 1 unspecified atom stereocenters. The van der Waals surface area contributed by atoms with E-state index >= 15 is 0 Å². The maximum absolute atomic E-state index is 5.37. The van der Waals surface area contributed by atoms with Crippen molar-refractivity contribution in [3.8, 4) is 0 Å². The van der Waals surface area contributed by atoms with Crippen LogP contribution in [-0.2, 0) is 0 Å². The lowest BCUT2D eigenvalue weighted by atomic mass is 10.0. The van der Waals surface area contributed by atoms with Crippen molar-refractivity contribution < 1.29 is 0 Å². The van der Waals surface area contributed by atoms with Crippen LogP contribution in [-0.4, -0.2) is 23.3 Å². The summed E-state index contributed by atoms with van der Waals surface area (Å²) in [5, 5.41) is 2.22. The second-order valence-corrected chi connectivity index (χ2v) is 3.95. The van der Waals surface area contributed by atoms with Gasteiger partial charge < -0.3 is 0 Å². The van der Waals surface area contributed by atoms with Crippen molar-refractivity contribution in [3.05, 3.63) is 0 Å². The molecule has 1 fully saturated rings. The van der Waals surface area contributed by atoms with E-state index in [1.54, 1.807) is 0 Å². The minimum atomic E-state index is 0.411. The highest BCUT2D eigenvalue weighted by molar-refractivity contribution is 7.19. The Balaban J connectivity index is 2.29. The normalized spacial score (nSPS) is 29.6. The summed E-state index contributed by atoms with van der Waals surface area (Å²) in [6, 6.07) is 0. The molecule has 42 valence electrons. The van der Waals surface area contributed by atoms with Gasteiger partial charge in [-0.25, -0.2) is 5.01 Å². The number of rotatable bonds is 0. The average Bonchev–Trinajstić information content (AvgIpc) is 1.27. The zero-order valence-electron chi connectivity index (χ0n) is 4.52. The van der Waals surface area contributed by atoms with Gasteiger partial charge in [0.25, 0.3) is 0 Å². The monoisotopic (exact) mass is 118 g/mol. The molecule has 1 aliphatic rings. The molecule has 3 heteroatoms. The quantitative estimate of drug-likeness (QED) is 0.353. The fourth-order valence-corrected chi connectivity index (χ4v) is 1.35. The molecule has 1 atom stereocenters. The third-order valence-electron chi connectivity index (χ3n) is 1.13. The Kier molecular flexibility index (Phi) is 1.11. The van der Waals surface area contributed by atoms with Crippen LogP contribution in [0.15, 0.2) is 0 Å². The molecule has 0 spiro atoms. The molecule has 0 aromatic rings. The first kappa shape index (κ1) is 5.49. The van der Waals surface area contributed by atoms with Gasteiger partial charge in [0.15, 0.2) is 0 Å². The van der Waals surface area contributed by atoms with E-state index in [-0.39, 0.29) is 0 Å². The van der Waals surface area contributed by atoms with Gasteiger partial charge in [-0.05, 0) is 0 Å². The third-order valence-corrected chi connectivity index (χ3v) is 1.49. The molecule has 0 aromatic heterocycles. The molecule has 0 saturated carbocycles. The minimum absolute atomic E-state index is 0.411. The van der Waals surface area contributed by atoms with Crippen LogP contribution in [0.1, 0.15) is 6.92 Å². The van der Waals surface area contributed by atoms with Crippen molar-refractivity contribution in [3.63, 3.8) is 0 Å². The average molecular weight is 118 g/mol. The smallest absolute Gasteiger partial charge is 0.0230 e. The van der Waals surface area contributed by atoms with Gasteiger partial charge in [0.05, 0.1) is 0 Å². The number of hydrogen-bond acceptors (Lipinski definition) is 2. The molecule has 1 saturated heterocycles. The second kappa shape index (κ2) is 1.41. The Morgan fingerprint density at radius 2 is 2.14 bits per heavy atom. The Labute approximate surface area is 46.2 Å².